The molecule has 8 nitrogen and oxygen atoms in total. The SMILES string of the molecule is CC(C)(CN)NCc1cccc2c1C(=O)N(C1CCC(=O)NC1=O)C2=O. The van der Waals surface area contributed by atoms with E-state index in [-0.39, 0.29) is 23.9 Å². The maximum atomic E-state index is 12.9. The third-order valence-corrected chi connectivity index (χ3v) is 4.82. The zero-order valence-electron chi connectivity index (χ0n) is 14.8. The first kappa shape index (κ1) is 18.2. The van der Waals surface area contributed by atoms with E-state index in [4.69, 9.17) is 5.73 Å². The Morgan fingerprint density at radius 1 is 1.23 bits per heavy atom. The van der Waals surface area contributed by atoms with E-state index in [2.05, 4.69) is 10.6 Å². The van der Waals surface area contributed by atoms with Gasteiger partial charge in [0.05, 0.1) is 11.1 Å². The molecule has 8 heteroatoms. The summed E-state index contributed by atoms with van der Waals surface area (Å²) in [4.78, 5) is 50.1. The molecule has 0 saturated carbocycles. The molecule has 1 saturated heterocycles. The third kappa shape index (κ3) is 3.13. The highest BCUT2D eigenvalue weighted by molar-refractivity contribution is 6.24. The molecule has 1 aromatic rings. The number of piperidine rings is 1. The average Bonchev–Trinajstić information content (AvgIpc) is 2.85. The Morgan fingerprint density at radius 2 is 1.96 bits per heavy atom. The second-order valence-corrected chi connectivity index (χ2v) is 7.23. The molecule has 3 rings (SSSR count). The van der Waals surface area contributed by atoms with E-state index < -0.39 is 29.7 Å². The summed E-state index contributed by atoms with van der Waals surface area (Å²) in [5, 5.41) is 5.46. The number of rotatable bonds is 5. The number of nitrogens with one attached hydrogen (secondary N) is 2. The minimum absolute atomic E-state index is 0.100. The summed E-state index contributed by atoms with van der Waals surface area (Å²) >= 11 is 0. The molecule has 0 spiro atoms. The fourth-order valence-electron chi connectivity index (χ4n) is 3.14. The lowest BCUT2D eigenvalue weighted by Gasteiger charge is -2.28. The number of hydrogen-bond acceptors (Lipinski definition) is 6. The summed E-state index contributed by atoms with van der Waals surface area (Å²) in [6, 6.07) is 4.11. The first-order chi connectivity index (χ1) is 12.2. The molecule has 1 atom stereocenters. The minimum atomic E-state index is -0.957. The number of nitrogens with zero attached hydrogens (tertiary/aromatic N) is 1. The van der Waals surface area contributed by atoms with Crippen molar-refractivity contribution >= 4 is 23.6 Å². The average molecular weight is 358 g/mol. The molecule has 26 heavy (non-hydrogen) atoms. The molecular weight excluding hydrogens is 336 g/mol. The van der Waals surface area contributed by atoms with Gasteiger partial charge in [-0.2, -0.15) is 0 Å². The number of amides is 4. The first-order valence-electron chi connectivity index (χ1n) is 8.54. The van der Waals surface area contributed by atoms with Crippen molar-refractivity contribution in [1.82, 2.24) is 15.5 Å². The van der Waals surface area contributed by atoms with E-state index in [1.165, 1.54) is 0 Å². The topological polar surface area (TPSA) is 122 Å². The van der Waals surface area contributed by atoms with Crippen LogP contribution in [0.1, 0.15) is 53.0 Å². The van der Waals surface area contributed by atoms with Crippen LogP contribution in [0, 0.1) is 0 Å². The second kappa shape index (κ2) is 6.62. The summed E-state index contributed by atoms with van der Waals surface area (Å²) in [5.74, 6) is -2.00. The summed E-state index contributed by atoms with van der Waals surface area (Å²) in [7, 11) is 0. The van der Waals surface area contributed by atoms with Crippen LogP contribution in [0.2, 0.25) is 0 Å². The quantitative estimate of drug-likeness (QED) is 0.633. The number of nitrogens with two attached hydrogens (primary N) is 1. The minimum Gasteiger partial charge on any atom is -0.329 e. The number of benzene rings is 1. The van der Waals surface area contributed by atoms with Crippen LogP contribution in [0.5, 0.6) is 0 Å². The molecular formula is C18H22N4O4. The van der Waals surface area contributed by atoms with Crippen LogP contribution in [-0.4, -0.2) is 46.7 Å². The van der Waals surface area contributed by atoms with Crippen LogP contribution in [0.3, 0.4) is 0 Å². The molecule has 0 bridgehead atoms. The molecule has 4 N–H and O–H groups in total. The van der Waals surface area contributed by atoms with Crippen molar-refractivity contribution in [3.63, 3.8) is 0 Å². The molecule has 138 valence electrons. The van der Waals surface area contributed by atoms with E-state index in [0.29, 0.717) is 24.2 Å². The molecule has 0 radical (unpaired) electrons. The van der Waals surface area contributed by atoms with Crippen LogP contribution in [-0.2, 0) is 16.1 Å². The lowest BCUT2D eigenvalue weighted by atomic mass is 10.0. The van der Waals surface area contributed by atoms with E-state index in [1.54, 1.807) is 18.2 Å². The van der Waals surface area contributed by atoms with Crippen molar-refractivity contribution in [2.45, 2.75) is 44.8 Å². The Balaban J connectivity index is 1.89. The second-order valence-electron chi connectivity index (χ2n) is 7.23. The van der Waals surface area contributed by atoms with Gasteiger partial charge in [0.25, 0.3) is 11.8 Å². The van der Waals surface area contributed by atoms with E-state index in [9.17, 15) is 19.2 Å². The zero-order chi connectivity index (χ0) is 19.1. The Bertz CT molecular complexity index is 802. The van der Waals surface area contributed by atoms with Crippen LogP contribution in [0.25, 0.3) is 0 Å². The maximum absolute atomic E-state index is 12.9. The lowest BCUT2D eigenvalue weighted by molar-refractivity contribution is -0.136. The standard InChI is InChI=1S/C18H22N4O4/c1-18(2,9-19)20-8-10-4-3-5-11-14(10)17(26)22(16(11)25)12-6-7-13(23)21-15(12)24/h3-5,12,20H,6-9,19H2,1-2H3,(H,21,23,24). The number of hydrogen-bond donors (Lipinski definition) is 3. The summed E-state index contributed by atoms with van der Waals surface area (Å²) in [5.41, 5.74) is 6.66. The van der Waals surface area contributed by atoms with E-state index in [1.807, 2.05) is 13.8 Å². The number of fused-ring (bicyclic) bond motifs is 1. The van der Waals surface area contributed by atoms with Gasteiger partial charge in [0, 0.05) is 25.0 Å². The smallest absolute Gasteiger partial charge is 0.262 e. The van der Waals surface area contributed by atoms with E-state index in [0.717, 1.165) is 4.90 Å². The summed E-state index contributed by atoms with van der Waals surface area (Å²) in [6.45, 7) is 4.67. The van der Waals surface area contributed by atoms with Crippen LogP contribution < -0.4 is 16.4 Å². The van der Waals surface area contributed by atoms with E-state index >= 15 is 0 Å². The van der Waals surface area contributed by atoms with Crippen molar-refractivity contribution in [3.05, 3.63) is 34.9 Å². The van der Waals surface area contributed by atoms with Crippen molar-refractivity contribution in [1.29, 1.82) is 0 Å². The van der Waals surface area contributed by atoms with Gasteiger partial charge in [-0.05, 0) is 31.9 Å². The van der Waals surface area contributed by atoms with Crippen LogP contribution in [0.4, 0.5) is 0 Å². The third-order valence-electron chi connectivity index (χ3n) is 4.82. The zero-order valence-corrected chi connectivity index (χ0v) is 14.8. The molecule has 0 aromatic heterocycles. The molecule has 2 heterocycles. The van der Waals surface area contributed by atoms with Gasteiger partial charge in [-0.25, -0.2) is 0 Å². The van der Waals surface area contributed by atoms with Gasteiger partial charge >= 0.3 is 0 Å². The molecule has 2 aliphatic heterocycles. The van der Waals surface area contributed by atoms with Crippen molar-refractivity contribution in [3.8, 4) is 0 Å². The van der Waals surface area contributed by atoms with Gasteiger partial charge < -0.3 is 11.1 Å². The van der Waals surface area contributed by atoms with Crippen molar-refractivity contribution < 1.29 is 19.2 Å². The summed E-state index contributed by atoms with van der Waals surface area (Å²) in [6.07, 6.45) is 0.243. The fourth-order valence-corrected chi connectivity index (χ4v) is 3.14. The highest BCUT2D eigenvalue weighted by Gasteiger charge is 2.45. The molecule has 4 amide bonds. The normalized spacial score (nSPS) is 20.4. The Kier molecular flexibility index (Phi) is 4.64. The number of imide groups is 2. The van der Waals surface area contributed by atoms with Crippen LogP contribution >= 0.6 is 0 Å². The predicted octanol–water partition coefficient (Wildman–Crippen LogP) is -0.0853. The fraction of sp³-hybridized carbons (Fsp3) is 0.444. The maximum Gasteiger partial charge on any atom is 0.262 e. The predicted molar refractivity (Wildman–Crippen MR) is 93.1 cm³/mol. The molecule has 2 aliphatic rings. The summed E-state index contributed by atoms with van der Waals surface area (Å²) < 4.78 is 0. The molecule has 0 aliphatic carbocycles. The van der Waals surface area contributed by atoms with Gasteiger partial charge in [-0.3, -0.25) is 29.4 Å². The highest BCUT2D eigenvalue weighted by Crippen LogP contribution is 2.30. The number of carbonyl (C=O) groups excluding carboxylic acids is 4. The van der Waals surface area contributed by atoms with Gasteiger partial charge in [0.1, 0.15) is 6.04 Å². The molecule has 1 aromatic carbocycles. The van der Waals surface area contributed by atoms with Gasteiger partial charge in [-0.15, -0.1) is 0 Å². The Labute approximate surface area is 151 Å². The Morgan fingerprint density at radius 3 is 2.62 bits per heavy atom. The monoisotopic (exact) mass is 358 g/mol. The largest absolute Gasteiger partial charge is 0.329 e. The molecule has 1 unspecified atom stereocenters. The van der Waals surface area contributed by atoms with Gasteiger partial charge in [0.15, 0.2) is 0 Å². The highest BCUT2D eigenvalue weighted by atomic mass is 16.2. The van der Waals surface area contributed by atoms with Crippen LogP contribution in [0.15, 0.2) is 18.2 Å². The van der Waals surface area contributed by atoms with Crippen molar-refractivity contribution in [2.75, 3.05) is 6.54 Å². The van der Waals surface area contributed by atoms with Gasteiger partial charge in [-0.1, -0.05) is 12.1 Å². The first-order valence-corrected chi connectivity index (χ1v) is 8.54. The Hall–Kier alpha value is -2.58. The molecule has 1 fully saturated rings. The number of carbonyl (C=O) groups is 4. The van der Waals surface area contributed by atoms with Gasteiger partial charge in [0.2, 0.25) is 11.8 Å². The lowest BCUT2D eigenvalue weighted by Crippen LogP contribution is -2.54. The van der Waals surface area contributed by atoms with Crippen molar-refractivity contribution in [2.24, 2.45) is 5.73 Å².